The molecule has 0 aromatic heterocycles. The Bertz CT molecular complexity index is 1140. The van der Waals surface area contributed by atoms with Crippen LogP contribution in [0, 0.1) is 5.92 Å². The molecule has 1 aliphatic rings. The maximum atomic E-state index is 13.2. The Morgan fingerprint density at radius 3 is 2.12 bits per heavy atom. The summed E-state index contributed by atoms with van der Waals surface area (Å²) in [5.41, 5.74) is 7.76. The molecule has 4 atom stereocenters. The molecule has 1 saturated heterocycles. The SMILES string of the molecule is CC(C)C[C@@H]1NC(=O)[C@H](Cc2ccccc2)NC(=O)[C@@H](CCCCNC(=O)[C@@H](N)Cc2ccc(O)cc2)NC1=O. The lowest BCUT2D eigenvalue weighted by Gasteiger charge is -2.22. The second-order valence-electron chi connectivity index (χ2n) is 10.8. The Kier molecular flexibility index (Phi) is 11.5. The summed E-state index contributed by atoms with van der Waals surface area (Å²) in [6, 6.07) is 12.9. The van der Waals surface area contributed by atoms with Crippen molar-refractivity contribution in [3.63, 3.8) is 0 Å². The lowest BCUT2D eigenvalue weighted by molar-refractivity contribution is -0.130. The molecule has 40 heavy (non-hydrogen) atoms. The minimum Gasteiger partial charge on any atom is -0.508 e. The Morgan fingerprint density at radius 2 is 1.45 bits per heavy atom. The van der Waals surface area contributed by atoms with Gasteiger partial charge in [-0.15, -0.1) is 0 Å². The Morgan fingerprint density at radius 1 is 0.850 bits per heavy atom. The van der Waals surface area contributed by atoms with Gasteiger partial charge in [-0.2, -0.15) is 0 Å². The van der Waals surface area contributed by atoms with Gasteiger partial charge in [0, 0.05) is 13.0 Å². The monoisotopic (exact) mass is 551 g/mol. The zero-order chi connectivity index (χ0) is 29.1. The summed E-state index contributed by atoms with van der Waals surface area (Å²) >= 11 is 0. The van der Waals surface area contributed by atoms with Crippen LogP contribution in [0.4, 0.5) is 0 Å². The number of hydrogen-bond acceptors (Lipinski definition) is 6. The summed E-state index contributed by atoms with van der Waals surface area (Å²) < 4.78 is 0. The number of unbranched alkanes of at least 4 members (excludes halogenated alkanes) is 1. The minimum absolute atomic E-state index is 0.150. The van der Waals surface area contributed by atoms with Crippen LogP contribution in [0.15, 0.2) is 54.6 Å². The first kappa shape index (κ1) is 30.6. The van der Waals surface area contributed by atoms with Crippen molar-refractivity contribution in [1.82, 2.24) is 21.3 Å². The maximum Gasteiger partial charge on any atom is 0.243 e. The van der Waals surface area contributed by atoms with Crippen molar-refractivity contribution in [2.24, 2.45) is 11.7 Å². The van der Waals surface area contributed by atoms with Gasteiger partial charge in [-0.3, -0.25) is 19.2 Å². The number of amides is 4. The number of nitrogens with one attached hydrogen (secondary N) is 4. The number of hydrogen-bond donors (Lipinski definition) is 6. The number of carbonyl (C=O) groups excluding carboxylic acids is 4. The summed E-state index contributed by atoms with van der Waals surface area (Å²) in [5, 5.41) is 20.7. The average Bonchev–Trinajstić information content (AvgIpc) is 2.95. The van der Waals surface area contributed by atoms with Gasteiger partial charge in [-0.25, -0.2) is 0 Å². The predicted octanol–water partition coefficient (Wildman–Crippen LogP) is 1.31. The maximum absolute atomic E-state index is 13.2. The number of rotatable bonds is 12. The third-order valence-corrected chi connectivity index (χ3v) is 6.84. The Hall–Kier alpha value is -3.92. The first-order valence-corrected chi connectivity index (χ1v) is 13.9. The van der Waals surface area contributed by atoms with E-state index in [0.717, 1.165) is 11.1 Å². The highest BCUT2D eigenvalue weighted by molar-refractivity contribution is 5.97. The largest absolute Gasteiger partial charge is 0.508 e. The second kappa shape index (κ2) is 15.0. The van der Waals surface area contributed by atoms with Gasteiger partial charge in [0.15, 0.2) is 0 Å². The molecule has 1 heterocycles. The van der Waals surface area contributed by atoms with E-state index < -0.39 is 30.1 Å². The van der Waals surface area contributed by atoms with Crippen LogP contribution in [0.3, 0.4) is 0 Å². The number of nitrogens with two attached hydrogens (primary N) is 1. The van der Waals surface area contributed by atoms with Gasteiger partial charge in [0.05, 0.1) is 6.04 Å². The zero-order valence-corrected chi connectivity index (χ0v) is 23.2. The number of aromatic hydroxyl groups is 1. The van der Waals surface area contributed by atoms with Crippen molar-refractivity contribution in [3.05, 3.63) is 65.7 Å². The molecule has 0 saturated carbocycles. The number of carbonyl (C=O) groups is 4. The third-order valence-electron chi connectivity index (χ3n) is 6.84. The summed E-state index contributed by atoms with van der Waals surface area (Å²) in [6.45, 7) is 4.32. The first-order valence-electron chi connectivity index (χ1n) is 13.9. The minimum atomic E-state index is -0.811. The normalized spacial score (nSPS) is 20.4. The summed E-state index contributed by atoms with van der Waals surface area (Å²) in [4.78, 5) is 51.7. The second-order valence-corrected chi connectivity index (χ2v) is 10.8. The van der Waals surface area contributed by atoms with Crippen LogP contribution in [0.5, 0.6) is 5.75 Å². The molecule has 0 spiro atoms. The highest BCUT2D eigenvalue weighted by atomic mass is 16.3. The van der Waals surface area contributed by atoms with Gasteiger partial charge in [-0.1, -0.05) is 56.3 Å². The molecule has 1 aliphatic heterocycles. The highest BCUT2D eigenvalue weighted by Crippen LogP contribution is 2.13. The number of benzene rings is 2. The van der Waals surface area contributed by atoms with E-state index in [9.17, 15) is 24.3 Å². The fourth-order valence-electron chi connectivity index (χ4n) is 4.64. The topological polar surface area (TPSA) is 163 Å². The van der Waals surface area contributed by atoms with E-state index in [2.05, 4.69) is 21.3 Å². The molecule has 1 fully saturated rings. The van der Waals surface area contributed by atoms with Gasteiger partial charge in [0.2, 0.25) is 23.6 Å². The van der Waals surface area contributed by atoms with Crippen LogP contribution in [-0.2, 0) is 32.0 Å². The molecule has 0 radical (unpaired) electrons. The third kappa shape index (κ3) is 9.68. The number of phenols is 1. The molecule has 2 aromatic rings. The summed E-state index contributed by atoms with van der Waals surface area (Å²) in [6.07, 6.45) is 2.60. The average molecular weight is 552 g/mol. The fraction of sp³-hybridized carbons (Fsp3) is 0.467. The van der Waals surface area contributed by atoms with E-state index in [0.29, 0.717) is 45.1 Å². The van der Waals surface area contributed by atoms with Gasteiger partial charge in [0.1, 0.15) is 23.9 Å². The van der Waals surface area contributed by atoms with Crippen LogP contribution in [0.2, 0.25) is 0 Å². The zero-order valence-electron chi connectivity index (χ0n) is 23.2. The molecule has 0 bridgehead atoms. The smallest absolute Gasteiger partial charge is 0.243 e. The van der Waals surface area contributed by atoms with E-state index in [1.807, 2.05) is 44.2 Å². The Labute approximate surface area is 235 Å². The van der Waals surface area contributed by atoms with E-state index in [4.69, 9.17) is 5.73 Å². The van der Waals surface area contributed by atoms with Crippen molar-refractivity contribution in [2.75, 3.05) is 6.54 Å². The van der Waals surface area contributed by atoms with Crippen molar-refractivity contribution < 1.29 is 24.3 Å². The van der Waals surface area contributed by atoms with E-state index >= 15 is 0 Å². The summed E-state index contributed by atoms with van der Waals surface area (Å²) in [5.74, 6) is -1.14. The predicted molar refractivity (Wildman–Crippen MR) is 152 cm³/mol. The van der Waals surface area contributed by atoms with Crippen molar-refractivity contribution in [2.45, 2.75) is 76.5 Å². The molecular formula is C30H41N5O5. The lowest BCUT2D eigenvalue weighted by Crippen LogP contribution is -2.51. The Balaban J connectivity index is 1.55. The summed E-state index contributed by atoms with van der Waals surface area (Å²) in [7, 11) is 0. The van der Waals surface area contributed by atoms with Crippen LogP contribution in [-0.4, -0.2) is 59.4 Å². The molecule has 3 rings (SSSR count). The van der Waals surface area contributed by atoms with Crippen molar-refractivity contribution >= 4 is 23.6 Å². The number of phenolic OH excluding ortho intramolecular Hbond substituents is 1. The van der Waals surface area contributed by atoms with Gasteiger partial charge < -0.3 is 32.1 Å². The van der Waals surface area contributed by atoms with Crippen molar-refractivity contribution in [1.29, 1.82) is 0 Å². The molecule has 216 valence electrons. The van der Waals surface area contributed by atoms with Crippen molar-refractivity contribution in [3.8, 4) is 5.75 Å². The standard InChI is InChI=1S/C30H41N5O5/c1-19(2)16-25-29(39)33-24(28(38)35-26(30(40)34-25)18-20-8-4-3-5-9-20)10-6-7-15-32-27(37)23(31)17-21-11-13-22(36)14-12-21/h3-5,8-9,11-14,19,23-26,36H,6-7,10,15-18,31H2,1-2H3,(H,32,37)(H,33,39)(H,34,40)(H,35,38)/t23-,24+,25-,26-/m0/s1. The van der Waals surface area contributed by atoms with E-state index in [1.165, 1.54) is 0 Å². The van der Waals surface area contributed by atoms with Gasteiger partial charge in [0.25, 0.3) is 0 Å². The fourth-order valence-corrected chi connectivity index (χ4v) is 4.64. The molecule has 7 N–H and O–H groups in total. The van der Waals surface area contributed by atoms with Gasteiger partial charge in [-0.05, 0) is 61.3 Å². The molecule has 4 amide bonds. The molecular weight excluding hydrogens is 510 g/mol. The highest BCUT2D eigenvalue weighted by Gasteiger charge is 2.33. The first-order chi connectivity index (χ1) is 19.1. The van der Waals surface area contributed by atoms with E-state index in [1.54, 1.807) is 24.3 Å². The molecule has 0 unspecified atom stereocenters. The van der Waals surface area contributed by atoms with Crippen LogP contribution in [0.25, 0.3) is 0 Å². The molecule has 2 aromatic carbocycles. The van der Waals surface area contributed by atoms with E-state index in [-0.39, 0.29) is 29.4 Å². The quantitative estimate of drug-likeness (QED) is 0.218. The van der Waals surface area contributed by atoms with Crippen LogP contribution in [0.1, 0.15) is 50.7 Å². The van der Waals surface area contributed by atoms with Gasteiger partial charge >= 0.3 is 0 Å². The van der Waals surface area contributed by atoms with Crippen LogP contribution >= 0.6 is 0 Å². The molecule has 10 heteroatoms. The lowest BCUT2D eigenvalue weighted by atomic mass is 10.0. The molecule has 0 aliphatic carbocycles. The van der Waals surface area contributed by atoms with Crippen LogP contribution < -0.4 is 27.0 Å². The molecule has 10 nitrogen and oxygen atoms in total.